The summed E-state index contributed by atoms with van der Waals surface area (Å²) in [5.41, 5.74) is 2.41. The second-order valence-corrected chi connectivity index (χ2v) is 6.99. The Morgan fingerprint density at radius 2 is 2.19 bits per heavy atom. The molecule has 0 unspecified atom stereocenters. The number of hydrogen-bond acceptors (Lipinski definition) is 7. The molecule has 5 rings (SSSR count). The van der Waals surface area contributed by atoms with Crippen LogP contribution in [0.3, 0.4) is 0 Å². The van der Waals surface area contributed by atoms with Crippen molar-refractivity contribution in [3.8, 4) is 5.75 Å². The van der Waals surface area contributed by atoms with E-state index in [0.717, 1.165) is 10.4 Å². The van der Waals surface area contributed by atoms with Crippen LogP contribution in [0.1, 0.15) is 46.2 Å². The van der Waals surface area contributed by atoms with Crippen LogP contribution in [0.4, 0.5) is 8.78 Å². The van der Waals surface area contributed by atoms with Crippen molar-refractivity contribution in [2.24, 2.45) is 7.05 Å². The van der Waals surface area contributed by atoms with Gasteiger partial charge in [-0.1, -0.05) is 6.07 Å². The summed E-state index contributed by atoms with van der Waals surface area (Å²) in [7, 11) is 2.93. The smallest absolute Gasteiger partial charge is 0.299 e. The van der Waals surface area contributed by atoms with Crippen molar-refractivity contribution in [1.29, 1.82) is 0 Å². The molecule has 1 amide bonds. The van der Waals surface area contributed by atoms with Crippen LogP contribution in [-0.2, 0) is 13.5 Å². The van der Waals surface area contributed by atoms with Gasteiger partial charge >= 0.3 is 0 Å². The standard InChI is InChI=1S/C19H17F2N7O3/c1-27-17(25-16(26-27)15(20)21)19(29)28-7-6-9-12(23-8-22-9)14(28)18-24-13-10(30-2)4-3-5-11(13)31-18/h3-5,8,14-15H,6-7H2,1-2H3,(H,22,23)/t14-/m0/s1. The Morgan fingerprint density at radius 3 is 2.94 bits per heavy atom. The fraction of sp³-hybridized carbons (Fsp3) is 0.316. The molecule has 0 saturated heterocycles. The zero-order valence-electron chi connectivity index (χ0n) is 16.5. The second kappa shape index (κ2) is 7.15. The number of aryl methyl sites for hydroxylation is 1. The number of methoxy groups -OCH3 is 1. The Hall–Kier alpha value is -3.83. The Balaban J connectivity index is 1.62. The van der Waals surface area contributed by atoms with E-state index in [4.69, 9.17) is 9.15 Å². The summed E-state index contributed by atoms with van der Waals surface area (Å²) in [4.78, 5) is 30.5. The maximum atomic E-state index is 13.3. The van der Waals surface area contributed by atoms with Crippen LogP contribution in [0.25, 0.3) is 11.1 Å². The number of H-pyrrole nitrogens is 1. The fourth-order valence-electron chi connectivity index (χ4n) is 3.78. The van der Waals surface area contributed by atoms with E-state index in [-0.39, 0.29) is 18.3 Å². The molecule has 10 nitrogen and oxygen atoms in total. The van der Waals surface area contributed by atoms with Gasteiger partial charge in [0.15, 0.2) is 17.1 Å². The van der Waals surface area contributed by atoms with E-state index in [1.54, 1.807) is 18.2 Å². The summed E-state index contributed by atoms with van der Waals surface area (Å²) in [5, 5.41) is 3.65. The first kappa shape index (κ1) is 19.2. The molecule has 0 bridgehead atoms. The highest BCUT2D eigenvalue weighted by atomic mass is 19.3. The molecule has 1 atom stereocenters. The van der Waals surface area contributed by atoms with E-state index in [9.17, 15) is 13.6 Å². The van der Waals surface area contributed by atoms with E-state index < -0.39 is 24.2 Å². The number of hydrogen-bond donors (Lipinski definition) is 1. The quantitative estimate of drug-likeness (QED) is 0.530. The maximum absolute atomic E-state index is 13.3. The van der Waals surface area contributed by atoms with Gasteiger partial charge in [-0.3, -0.25) is 4.79 Å². The predicted molar refractivity (Wildman–Crippen MR) is 102 cm³/mol. The minimum absolute atomic E-state index is 0.201. The fourth-order valence-corrected chi connectivity index (χ4v) is 3.78. The molecule has 12 heteroatoms. The summed E-state index contributed by atoms with van der Waals surface area (Å²) in [6, 6.07) is 4.49. The number of carbonyl (C=O) groups is 1. The van der Waals surface area contributed by atoms with Crippen molar-refractivity contribution in [2.75, 3.05) is 13.7 Å². The van der Waals surface area contributed by atoms with Crippen LogP contribution < -0.4 is 4.74 Å². The molecule has 4 aromatic rings. The molecule has 1 aliphatic heterocycles. The number of carbonyl (C=O) groups excluding carboxylic acids is 1. The number of aromatic amines is 1. The Labute approximate surface area is 173 Å². The summed E-state index contributed by atoms with van der Waals surface area (Å²) in [6.07, 6.45) is -0.848. The lowest BCUT2D eigenvalue weighted by molar-refractivity contribution is 0.0649. The Kier molecular flexibility index (Phi) is 4.41. The van der Waals surface area contributed by atoms with Crippen molar-refractivity contribution in [3.05, 3.63) is 53.5 Å². The van der Waals surface area contributed by atoms with Gasteiger partial charge in [0.05, 0.1) is 19.1 Å². The zero-order valence-corrected chi connectivity index (χ0v) is 16.5. The van der Waals surface area contributed by atoms with Crippen molar-refractivity contribution in [2.45, 2.75) is 18.9 Å². The lowest BCUT2D eigenvalue weighted by Crippen LogP contribution is -2.42. The van der Waals surface area contributed by atoms with E-state index in [1.165, 1.54) is 25.4 Å². The van der Waals surface area contributed by atoms with Crippen LogP contribution in [0, 0.1) is 0 Å². The normalized spacial score (nSPS) is 16.2. The molecule has 0 radical (unpaired) electrons. The zero-order chi connectivity index (χ0) is 21.7. The van der Waals surface area contributed by atoms with E-state index in [1.807, 2.05) is 0 Å². The number of nitrogens with one attached hydrogen (secondary N) is 1. The number of halogens is 2. The van der Waals surface area contributed by atoms with Crippen LogP contribution in [0.5, 0.6) is 5.75 Å². The summed E-state index contributed by atoms with van der Waals surface area (Å²) < 4.78 is 38.4. The van der Waals surface area contributed by atoms with Crippen molar-refractivity contribution in [1.82, 2.24) is 34.6 Å². The van der Waals surface area contributed by atoms with Crippen molar-refractivity contribution in [3.63, 3.8) is 0 Å². The average molecular weight is 429 g/mol. The number of alkyl halides is 2. The van der Waals surface area contributed by atoms with Crippen molar-refractivity contribution >= 4 is 17.0 Å². The van der Waals surface area contributed by atoms with Gasteiger partial charge < -0.3 is 19.0 Å². The van der Waals surface area contributed by atoms with Crippen LogP contribution >= 0.6 is 0 Å². The first-order valence-electron chi connectivity index (χ1n) is 9.43. The predicted octanol–water partition coefficient (Wildman–Crippen LogP) is 2.41. The first-order valence-corrected chi connectivity index (χ1v) is 9.43. The Morgan fingerprint density at radius 1 is 1.35 bits per heavy atom. The summed E-state index contributed by atoms with van der Waals surface area (Å²) in [5.74, 6) is -0.718. The summed E-state index contributed by atoms with van der Waals surface area (Å²) in [6.45, 7) is 0.283. The van der Waals surface area contributed by atoms with Gasteiger partial charge in [-0.15, -0.1) is 5.10 Å². The van der Waals surface area contributed by atoms with Crippen LogP contribution in [0.15, 0.2) is 28.9 Å². The molecule has 0 fully saturated rings. The van der Waals surface area contributed by atoms with Gasteiger partial charge in [0.2, 0.25) is 17.5 Å². The van der Waals surface area contributed by atoms with Gasteiger partial charge in [0.1, 0.15) is 5.75 Å². The molecule has 3 aromatic heterocycles. The number of benzene rings is 1. The molecule has 4 heterocycles. The number of nitrogens with zero attached hydrogens (tertiary/aromatic N) is 6. The number of aromatic nitrogens is 6. The topological polar surface area (TPSA) is 115 Å². The molecular weight excluding hydrogens is 412 g/mol. The van der Waals surface area contributed by atoms with Gasteiger partial charge in [-0.05, 0) is 12.1 Å². The highest BCUT2D eigenvalue weighted by Gasteiger charge is 2.39. The van der Waals surface area contributed by atoms with E-state index in [2.05, 4.69) is 25.0 Å². The molecular formula is C19H17F2N7O3. The number of amides is 1. The minimum Gasteiger partial charge on any atom is -0.494 e. The maximum Gasteiger partial charge on any atom is 0.299 e. The number of fused-ring (bicyclic) bond motifs is 2. The molecule has 0 aliphatic carbocycles. The second-order valence-electron chi connectivity index (χ2n) is 6.99. The van der Waals surface area contributed by atoms with Crippen molar-refractivity contribution < 1.29 is 22.7 Å². The minimum atomic E-state index is -2.88. The van der Waals surface area contributed by atoms with E-state index >= 15 is 0 Å². The number of ether oxygens (including phenoxy) is 1. The molecule has 160 valence electrons. The van der Waals surface area contributed by atoms with E-state index in [0.29, 0.717) is 29.0 Å². The first-order chi connectivity index (χ1) is 15.0. The summed E-state index contributed by atoms with van der Waals surface area (Å²) >= 11 is 0. The molecule has 0 saturated carbocycles. The van der Waals surface area contributed by atoms with Gasteiger partial charge in [-0.25, -0.2) is 28.4 Å². The largest absolute Gasteiger partial charge is 0.494 e. The molecule has 0 spiro atoms. The molecule has 1 aliphatic rings. The third-order valence-electron chi connectivity index (χ3n) is 5.20. The van der Waals surface area contributed by atoms with Gasteiger partial charge in [0, 0.05) is 25.7 Å². The number of oxazole rings is 1. The molecule has 1 N–H and O–H groups in total. The monoisotopic (exact) mass is 429 g/mol. The number of rotatable bonds is 4. The average Bonchev–Trinajstić information content (AvgIpc) is 3.49. The highest BCUT2D eigenvalue weighted by Crippen LogP contribution is 2.37. The van der Waals surface area contributed by atoms with Crippen LogP contribution in [-0.4, -0.2) is 54.2 Å². The van der Waals surface area contributed by atoms with Crippen LogP contribution in [0.2, 0.25) is 0 Å². The number of para-hydroxylation sites is 1. The van der Waals surface area contributed by atoms with Gasteiger partial charge in [0.25, 0.3) is 12.3 Å². The lowest BCUT2D eigenvalue weighted by Gasteiger charge is -2.32. The van der Waals surface area contributed by atoms with Gasteiger partial charge in [-0.2, -0.15) is 0 Å². The third kappa shape index (κ3) is 3.02. The highest BCUT2D eigenvalue weighted by molar-refractivity contribution is 5.91. The number of imidazole rings is 1. The SMILES string of the molecule is COc1cccc2oc([C@@H]3c4nc[nH]c4CCN3C(=O)c3nc(C(F)F)nn3C)nc12. The Bertz CT molecular complexity index is 1280. The molecule has 31 heavy (non-hydrogen) atoms. The third-order valence-corrected chi connectivity index (χ3v) is 5.20. The lowest BCUT2D eigenvalue weighted by atomic mass is 10.0. The molecule has 1 aromatic carbocycles.